The minimum Gasteiger partial charge on any atom is -0.466 e. The zero-order valence-corrected chi connectivity index (χ0v) is 62.9. The summed E-state index contributed by atoms with van der Waals surface area (Å²) >= 11 is 0. The molecule has 1 fully saturated rings. The number of aliphatic hydroxyl groups is 5. The zero-order chi connectivity index (χ0) is 68.6. The summed E-state index contributed by atoms with van der Waals surface area (Å²) in [6.45, 7) is 4.39. The van der Waals surface area contributed by atoms with Gasteiger partial charge in [-0.3, -0.25) is 9.59 Å². The number of aliphatic hydroxyl groups excluding tert-OH is 5. The van der Waals surface area contributed by atoms with Crippen molar-refractivity contribution in [3.05, 3.63) is 24.3 Å². The van der Waals surface area contributed by atoms with Gasteiger partial charge in [0.2, 0.25) is 5.91 Å². The second kappa shape index (κ2) is 73.4. The predicted octanol–water partition coefficient (Wildman–Crippen LogP) is 23.1. The third-order valence-electron chi connectivity index (χ3n) is 20.3. The van der Waals surface area contributed by atoms with Crippen molar-refractivity contribution in [2.75, 3.05) is 19.8 Å². The number of hydrogen-bond acceptors (Lipinski definition) is 10. The highest BCUT2D eigenvalue weighted by molar-refractivity contribution is 5.76. The van der Waals surface area contributed by atoms with Gasteiger partial charge in [-0.15, -0.1) is 0 Å². The van der Waals surface area contributed by atoms with Crippen LogP contribution in [0.2, 0.25) is 0 Å². The van der Waals surface area contributed by atoms with Crippen LogP contribution in [0.3, 0.4) is 0 Å². The first-order valence-electron chi connectivity index (χ1n) is 42.1. The maximum atomic E-state index is 13.1. The standard InChI is InChI=1S/C84H161NO10/c1-3-5-7-9-11-13-15-17-18-45-48-52-56-60-64-68-72-80(89)93-73-69-65-61-57-53-49-46-43-41-39-37-35-33-31-29-27-25-23-21-19-20-22-24-26-28-30-32-34-36-38-40-42-44-47-51-55-59-63-67-71-79(88)85-76(75-94-84-83(92)82(91)81(90)78(74-86)95-84)77(87)70-66-62-58-54-50-16-14-12-10-8-6-4-2/h18,45,66,70,76-78,81-84,86-87,90-92H,3-17,19-44,46-65,67-69,71-75H2,1-2H3,(H,85,88)/b45-18-,70-66+. The molecule has 95 heavy (non-hydrogen) atoms. The molecule has 0 aliphatic carbocycles. The smallest absolute Gasteiger partial charge is 0.305 e. The molecule has 1 aliphatic rings. The molecule has 0 radical (unpaired) electrons. The molecular weight excluding hydrogens is 1180 g/mol. The number of ether oxygens (including phenoxy) is 3. The van der Waals surface area contributed by atoms with Gasteiger partial charge in [0, 0.05) is 12.8 Å². The molecule has 0 aromatic carbocycles. The zero-order valence-electron chi connectivity index (χ0n) is 62.9. The minimum atomic E-state index is -1.57. The van der Waals surface area contributed by atoms with Crippen molar-refractivity contribution in [3.63, 3.8) is 0 Å². The van der Waals surface area contributed by atoms with E-state index in [0.29, 0.717) is 19.4 Å². The van der Waals surface area contributed by atoms with Crippen LogP contribution >= 0.6 is 0 Å². The molecular formula is C84H161NO10. The number of esters is 1. The third-order valence-corrected chi connectivity index (χ3v) is 20.3. The van der Waals surface area contributed by atoms with Crippen molar-refractivity contribution < 1.29 is 49.3 Å². The third kappa shape index (κ3) is 61.7. The number of amides is 1. The van der Waals surface area contributed by atoms with E-state index in [4.69, 9.17) is 14.2 Å². The second-order valence-electron chi connectivity index (χ2n) is 29.5. The summed E-state index contributed by atoms with van der Waals surface area (Å²) in [5.74, 6) is -0.161. The molecule has 1 heterocycles. The first-order chi connectivity index (χ1) is 46.7. The van der Waals surface area contributed by atoms with Crippen LogP contribution in [0.5, 0.6) is 0 Å². The lowest BCUT2D eigenvalue weighted by Crippen LogP contribution is -2.60. The molecule has 0 bridgehead atoms. The topological polar surface area (TPSA) is 175 Å². The highest BCUT2D eigenvalue weighted by Crippen LogP contribution is 2.24. The Hall–Kier alpha value is -1.86. The molecule has 562 valence electrons. The Bertz CT molecular complexity index is 1630. The maximum absolute atomic E-state index is 13.1. The first-order valence-corrected chi connectivity index (χ1v) is 42.1. The van der Waals surface area contributed by atoms with Crippen LogP contribution in [0.4, 0.5) is 0 Å². The van der Waals surface area contributed by atoms with E-state index in [2.05, 4.69) is 31.3 Å². The summed E-state index contributed by atoms with van der Waals surface area (Å²) in [6, 6.07) is -0.805. The van der Waals surface area contributed by atoms with Gasteiger partial charge in [-0.05, 0) is 57.8 Å². The maximum Gasteiger partial charge on any atom is 0.305 e. The summed E-state index contributed by atoms with van der Waals surface area (Å²) in [7, 11) is 0. The van der Waals surface area contributed by atoms with E-state index in [-0.39, 0.29) is 18.5 Å². The lowest BCUT2D eigenvalue weighted by atomic mass is 9.99. The molecule has 7 atom stereocenters. The highest BCUT2D eigenvalue weighted by Gasteiger charge is 2.44. The first kappa shape index (κ1) is 91.2. The van der Waals surface area contributed by atoms with Crippen LogP contribution < -0.4 is 5.32 Å². The van der Waals surface area contributed by atoms with Gasteiger partial charge in [0.1, 0.15) is 24.4 Å². The number of hydrogen-bond donors (Lipinski definition) is 6. The molecule has 11 heteroatoms. The minimum absolute atomic E-state index is 0.0119. The quantitative estimate of drug-likeness (QED) is 0.0195. The monoisotopic (exact) mass is 1340 g/mol. The molecule has 1 amide bonds. The molecule has 0 aromatic rings. The molecule has 0 aromatic heterocycles. The van der Waals surface area contributed by atoms with Crippen LogP contribution in [-0.4, -0.2) is 100 Å². The van der Waals surface area contributed by atoms with Crippen molar-refractivity contribution in [2.24, 2.45) is 0 Å². The fraction of sp³-hybridized carbons (Fsp3) is 0.929. The van der Waals surface area contributed by atoms with Gasteiger partial charge in [0.05, 0.1) is 32.0 Å². The molecule has 11 nitrogen and oxygen atoms in total. The summed E-state index contributed by atoms with van der Waals surface area (Å²) < 4.78 is 16.8. The molecule has 0 spiro atoms. The van der Waals surface area contributed by atoms with Gasteiger partial charge < -0.3 is 45.1 Å². The average Bonchev–Trinajstić information content (AvgIpc) is 0.883. The Balaban J connectivity index is 1.85. The number of allylic oxidation sites excluding steroid dienone is 3. The highest BCUT2D eigenvalue weighted by atomic mass is 16.7. The van der Waals surface area contributed by atoms with Gasteiger partial charge in [-0.1, -0.05) is 391 Å². The Morgan fingerprint density at radius 1 is 0.379 bits per heavy atom. The van der Waals surface area contributed by atoms with E-state index in [1.807, 2.05) is 6.08 Å². The van der Waals surface area contributed by atoms with E-state index in [1.54, 1.807) is 6.08 Å². The average molecular weight is 1350 g/mol. The number of rotatable bonds is 76. The van der Waals surface area contributed by atoms with E-state index in [9.17, 15) is 35.1 Å². The number of nitrogens with one attached hydrogen (secondary N) is 1. The molecule has 1 saturated heterocycles. The van der Waals surface area contributed by atoms with Crippen molar-refractivity contribution in [1.29, 1.82) is 0 Å². The number of unbranched alkanes of at least 4 members (excludes halogenated alkanes) is 60. The van der Waals surface area contributed by atoms with Gasteiger partial charge in [0.15, 0.2) is 6.29 Å². The van der Waals surface area contributed by atoms with Gasteiger partial charge in [0.25, 0.3) is 0 Å². The van der Waals surface area contributed by atoms with Crippen LogP contribution in [0, 0.1) is 0 Å². The second-order valence-corrected chi connectivity index (χ2v) is 29.5. The van der Waals surface area contributed by atoms with Crippen LogP contribution in [-0.2, 0) is 23.8 Å². The summed E-state index contributed by atoms with van der Waals surface area (Å²) in [5, 5.41) is 54.6. The fourth-order valence-electron chi connectivity index (χ4n) is 13.7. The van der Waals surface area contributed by atoms with Crippen molar-refractivity contribution in [1.82, 2.24) is 5.32 Å². The number of carbonyl (C=O) groups is 2. The van der Waals surface area contributed by atoms with E-state index >= 15 is 0 Å². The van der Waals surface area contributed by atoms with Crippen LogP contribution in [0.15, 0.2) is 24.3 Å². The SMILES string of the molecule is CCCCCCCCC/C=C\CCCCCCCC(=O)OCCCCCCCCCCCCCCCCCCCCCCCCCCCCCCCCCCCCCCCCCC(=O)NC(COC1OC(CO)C(O)C(O)C1O)C(O)/C=C/CCCCCCCCCCCC. The fourth-order valence-corrected chi connectivity index (χ4v) is 13.7. The van der Waals surface area contributed by atoms with Gasteiger partial charge in [-0.25, -0.2) is 0 Å². The Labute approximate surface area is 588 Å². The summed E-state index contributed by atoms with van der Waals surface area (Å²) in [4.78, 5) is 25.2. The predicted molar refractivity (Wildman–Crippen MR) is 403 cm³/mol. The lowest BCUT2D eigenvalue weighted by molar-refractivity contribution is -0.302. The van der Waals surface area contributed by atoms with E-state index in [1.165, 1.54) is 353 Å². The normalized spacial score (nSPS) is 17.4. The molecule has 1 rings (SSSR count). The van der Waals surface area contributed by atoms with E-state index in [0.717, 1.165) is 57.8 Å². The van der Waals surface area contributed by atoms with Crippen molar-refractivity contribution in [3.8, 4) is 0 Å². The summed E-state index contributed by atoms with van der Waals surface area (Å²) in [6.07, 6.45) is 85.2. The van der Waals surface area contributed by atoms with Crippen molar-refractivity contribution in [2.45, 2.75) is 480 Å². The van der Waals surface area contributed by atoms with Crippen LogP contribution in [0.1, 0.15) is 438 Å². The van der Waals surface area contributed by atoms with Crippen LogP contribution in [0.25, 0.3) is 0 Å². The Morgan fingerprint density at radius 2 is 0.674 bits per heavy atom. The van der Waals surface area contributed by atoms with Crippen molar-refractivity contribution >= 4 is 11.9 Å². The Morgan fingerprint density at radius 3 is 1.01 bits per heavy atom. The van der Waals surface area contributed by atoms with Gasteiger partial charge in [-0.2, -0.15) is 0 Å². The van der Waals surface area contributed by atoms with Gasteiger partial charge >= 0.3 is 5.97 Å². The lowest BCUT2D eigenvalue weighted by Gasteiger charge is -2.40. The summed E-state index contributed by atoms with van der Waals surface area (Å²) in [5.41, 5.74) is 0. The molecule has 6 N–H and O–H groups in total. The number of carbonyl (C=O) groups excluding carboxylic acids is 2. The largest absolute Gasteiger partial charge is 0.466 e. The Kier molecular flexibility index (Phi) is 70.4. The molecule has 0 saturated carbocycles. The van der Waals surface area contributed by atoms with E-state index < -0.39 is 49.5 Å². The molecule has 1 aliphatic heterocycles. The molecule has 7 unspecified atom stereocenters.